The van der Waals surface area contributed by atoms with Crippen molar-refractivity contribution in [1.82, 2.24) is 24.8 Å². The van der Waals surface area contributed by atoms with Gasteiger partial charge in [0.05, 0.1) is 16.8 Å². The lowest BCUT2D eigenvalue weighted by Crippen LogP contribution is -2.31. The van der Waals surface area contributed by atoms with Crippen LogP contribution in [-0.2, 0) is 11.3 Å². The maximum atomic E-state index is 12.5. The highest BCUT2D eigenvalue weighted by Crippen LogP contribution is 2.31. The van der Waals surface area contributed by atoms with Gasteiger partial charge in [0.1, 0.15) is 23.1 Å². The van der Waals surface area contributed by atoms with Crippen LogP contribution >= 0.6 is 0 Å². The number of rotatable bonds is 8. The van der Waals surface area contributed by atoms with Gasteiger partial charge in [-0.15, -0.1) is 0 Å². The summed E-state index contributed by atoms with van der Waals surface area (Å²) in [5.41, 5.74) is 11.6. The first-order valence-electron chi connectivity index (χ1n) is 12.3. The molecular formula is C31H24N8O. The van der Waals surface area contributed by atoms with E-state index < -0.39 is 5.91 Å². The molecule has 0 aliphatic rings. The van der Waals surface area contributed by atoms with Gasteiger partial charge in [-0.25, -0.2) is 15.0 Å². The molecular weight excluding hydrogens is 500 g/mol. The first-order chi connectivity index (χ1) is 19.5. The maximum Gasteiger partial charge on any atom is 0.271 e. The van der Waals surface area contributed by atoms with Crippen molar-refractivity contribution in [3.63, 3.8) is 0 Å². The summed E-state index contributed by atoms with van der Waals surface area (Å²) in [6.45, 7) is 7.28. The largest absolute Gasteiger partial charge is 0.383 e. The molecule has 3 N–H and O–H groups in total. The molecule has 0 fully saturated rings. The molecule has 3 heterocycles. The first-order valence-corrected chi connectivity index (χ1v) is 12.3. The van der Waals surface area contributed by atoms with E-state index >= 15 is 0 Å². The Morgan fingerprint density at radius 3 is 2.52 bits per heavy atom. The molecule has 9 heteroatoms. The zero-order valence-corrected chi connectivity index (χ0v) is 21.5. The Bertz CT molecular complexity index is 1810. The van der Waals surface area contributed by atoms with E-state index in [9.17, 15) is 4.79 Å². The molecule has 9 nitrogen and oxygen atoms in total. The molecule has 5 aromatic rings. The van der Waals surface area contributed by atoms with Gasteiger partial charge in [0.15, 0.2) is 11.5 Å². The van der Waals surface area contributed by atoms with Crippen LogP contribution in [0.4, 0.5) is 5.82 Å². The van der Waals surface area contributed by atoms with Crippen LogP contribution < -0.4 is 11.1 Å². The number of aliphatic imine (C=N–C) groups is 1. The van der Waals surface area contributed by atoms with Crippen LogP contribution in [0.15, 0.2) is 115 Å². The summed E-state index contributed by atoms with van der Waals surface area (Å²) in [7, 11) is 0. The number of nitrogens with zero attached hydrogens (tertiary/aromatic N) is 6. The van der Waals surface area contributed by atoms with E-state index in [-0.39, 0.29) is 17.8 Å². The van der Waals surface area contributed by atoms with E-state index in [1.54, 1.807) is 6.20 Å². The molecule has 5 rings (SSSR count). The molecule has 0 bridgehead atoms. The zero-order valence-electron chi connectivity index (χ0n) is 21.5. The van der Waals surface area contributed by atoms with Gasteiger partial charge in [0, 0.05) is 30.2 Å². The van der Waals surface area contributed by atoms with Gasteiger partial charge in [-0.05, 0) is 42.0 Å². The van der Waals surface area contributed by atoms with Gasteiger partial charge in [-0.3, -0.25) is 14.4 Å². The third kappa shape index (κ3) is 5.10. The fourth-order valence-electron chi connectivity index (χ4n) is 4.21. The van der Waals surface area contributed by atoms with Gasteiger partial charge in [-0.1, -0.05) is 55.6 Å². The highest BCUT2D eigenvalue weighted by Gasteiger charge is 2.19. The van der Waals surface area contributed by atoms with Crippen molar-refractivity contribution in [3.8, 4) is 34.4 Å². The van der Waals surface area contributed by atoms with Gasteiger partial charge in [0.25, 0.3) is 5.91 Å². The molecule has 40 heavy (non-hydrogen) atoms. The number of amides is 1. The Balaban J connectivity index is 1.53. The van der Waals surface area contributed by atoms with E-state index in [1.165, 1.54) is 6.20 Å². The molecule has 0 atom stereocenters. The molecule has 0 radical (unpaired) electrons. The highest BCUT2D eigenvalue weighted by atomic mass is 16.1. The average molecular weight is 525 g/mol. The molecule has 2 aromatic carbocycles. The van der Waals surface area contributed by atoms with Crippen molar-refractivity contribution in [3.05, 3.63) is 116 Å². The number of nitrogens with one attached hydrogen (secondary N) is 1. The number of nitrogens with two attached hydrogens (primary N) is 1. The number of pyridine rings is 2. The molecule has 194 valence electrons. The average Bonchev–Trinajstić information content (AvgIpc) is 3.37. The standard InChI is InChI=1S/C31H24N8O/c1-3-34-27(20(2)18-32)31(40)36-19-21-11-13-23(14-12-21)39-29(24-10-7-17-35-28(24)33)38-26-16-15-25(37-30(26)39)22-8-5-4-6-9-22/h3-17H,1-2,19H2,(H2,33,35)(H,36,40). The first kappa shape index (κ1) is 25.8. The molecule has 0 spiro atoms. The van der Waals surface area contributed by atoms with Gasteiger partial charge in [0.2, 0.25) is 0 Å². The van der Waals surface area contributed by atoms with Gasteiger partial charge in [-0.2, -0.15) is 5.26 Å². The Labute approximate surface area is 230 Å². The van der Waals surface area contributed by atoms with Crippen LogP contribution in [-0.4, -0.2) is 31.1 Å². The minimum Gasteiger partial charge on any atom is -0.383 e. The lowest BCUT2D eigenvalue weighted by Gasteiger charge is -2.12. The maximum absolute atomic E-state index is 12.5. The number of nitriles is 1. The van der Waals surface area contributed by atoms with E-state index in [0.29, 0.717) is 28.4 Å². The van der Waals surface area contributed by atoms with Crippen molar-refractivity contribution in [2.75, 3.05) is 5.73 Å². The fraction of sp³-hybridized carbons (Fsp3) is 0.0323. The number of nitrogen functional groups attached to an aromatic ring is 1. The number of carbonyl (C=O) groups excluding carboxylic acids is 1. The Morgan fingerprint density at radius 1 is 1.05 bits per heavy atom. The van der Waals surface area contributed by atoms with E-state index in [0.717, 1.165) is 22.5 Å². The number of imidazole rings is 1. The molecule has 0 aliphatic heterocycles. The van der Waals surface area contributed by atoms with E-state index in [2.05, 4.69) is 28.5 Å². The van der Waals surface area contributed by atoms with Crippen LogP contribution in [0.2, 0.25) is 0 Å². The van der Waals surface area contributed by atoms with Crippen molar-refractivity contribution >= 4 is 28.6 Å². The molecule has 0 saturated heterocycles. The topological polar surface area (TPSA) is 135 Å². The SMILES string of the molecule is C=CN=C(C(=C)C#N)C(=O)NCc1ccc(-n2c(-c3cccnc3N)nc3ccc(-c4ccccc4)nc32)cc1. The van der Waals surface area contributed by atoms with Crippen LogP contribution in [0.5, 0.6) is 0 Å². The number of carbonyl (C=O) groups is 1. The van der Waals surface area contributed by atoms with Crippen molar-refractivity contribution < 1.29 is 4.79 Å². The van der Waals surface area contributed by atoms with Crippen LogP contribution in [0.3, 0.4) is 0 Å². The molecule has 0 unspecified atom stereocenters. The van der Waals surface area contributed by atoms with Crippen LogP contribution in [0.1, 0.15) is 5.56 Å². The summed E-state index contributed by atoms with van der Waals surface area (Å²) in [6, 6.07) is 27.0. The normalized spacial score (nSPS) is 11.1. The van der Waals surface area contributed by atoms with Crippen molar-refractivity contribution in [1.29, 1.82) is 5.26 Å². The Hall–Kier alpha value is -5.88. The summed E-state index contributed by atoms with van der Waals surface area (Å²) >= 11 is 0. The predicted octanol–water partition coefficient (Wildman–Crippen LogP) is 5.01. The predicted molar refractivity (Wildman–Crippen MR) is 156 cm³/mol. The molecule has 0 aliphatic carbocycles. The smallest absolute Gasteiger partial charge is 0.271 e. The van der Waals surface area contributed by atoms with Crippen molar-refractivity contribution in [2.24, 2.45) is 4.99 Å². The van der Waals surface area contributed by atoms with E-state index in [1.807, 2.05) is 89.5 Å². The minimum absolute atomic E-state index is 0.0377. The Morgan fingerprint density at radius 2 is 1.82 bits per heavy atom. The lowest BCUT2D eigenvalue weighted by atomic mass is 10.1. The monoisotopic (exact) mass is 524 g/mol. The van der Waals surface area contributed by atoms with Crippen LogP contribution in [0, 0.1) is 11.3 Å². The number of fused-ring (bicyclic) bond motifs is 1. The number of benzene rings is 2. The number of aromatic nitrogens is 4. The molecule has 3 aromatic heterocycles. The highest BCUT2D eigenvalue weighted by molar-refractivity contribution is 6.46. The quantitative estimate of drug-likeness (QED) is 0.216. The lowest BCUT2D eigenvalue weighted by molar-refractivity contribution is -0.114. The number of hydrogen-bond donors (Lipinski definition) is 2. The van der Waals surface area contributed by atoms with Crippen molar-refractivity contribution in [2.45, 2.75) is 6.54 Å². The summed E-state index contributed by atoms with van der Waals surface area (Å²) in [5, 5.41) is 11.9. The number of hydrogen-bond acceptors (Lipinski definition) is 7. The second kappa shape index (κ2) is 11.2. The summed E-state index contributed by atoms with van der Waals surface area (Å²) in [5.74, 6) is 0.459. The zero-order chi connectivity index (χ0) is 28.1. The Kier molecular flexibility index (Phi) is 7.24. The summed E-state index contributed by atoms with van der Waals surface area (Å²) < 4.78 is 1.95. The third-order valence-electron chi connectivity index (χ3n) is 6.16. The van der Waals surface area contributed by atoms with E-state index in [4.69, 9.17) is 21.0 Å². The molecule has 0 saturated carbocycles. The second-order valence-corrected chi connectivity index (χ2v) is 8.71. The van der Waals surface area contributed by atoms with Crippen LogP contribution in [0.25, 0.3) is 39.5 Å². The summed E-state index contributed by atoms with van der Waals surface area (Å²) in [6.07, 6.45) is 2.84. The second-order valence-electron chi connectivity index (χ2n) is 8.71. The van der Waals surface area contributed by atoms with Gasteiger partial charge >= 0.3 is 0 Å². The summed E-state index contributed by atoms with van der Waals surface area (Å²) in [4.78, 5) is 30.5. The van der Waals surface area contributed by atoms with Gasteiger partial charge < -0.3 is 11.1 Å². The minimum atomic E-state index is -0.511. The number of anilines is 1. The molecule has 1 amide bonds. The third-order valence-corrected chi connectivity index (χ3v) is 6.16. The fourth-order valence-corrected chi connectivity index (χ4v) is 4.21.